The second kappa shape index (κ2) is 15.7. The van der Waals surface area contributed by atoms with Crippen LogP contribution in [0.15, 0.2) is 42.5 Å². The number of carbonyl (C=O) groups is 1. The Morgan fingerprint density at radius 1 is 0.978 bits per heavy atom. The first kappa shape index (κ1) is 35.1. The molecule has 45 heavy (non-hydrogen) atoms. The van der Waals surface area contributed by atoms with Crippen molar-refractivity contribution in [2.75, 3.05) is 58.5 Å². The Morgan fingerprint density at radius 2 is 1.64 bits per heavy atom. The van der Waals surface area contributed by atoms with Crippen molar-refractivity contribution in [3.63, 3.8) is 0 Å². The van der Waals surface area contributed by atoms with Crippen LogP contribution in [0.2, 0.25) is 16.6 Å². The van der Waals surface area contributed by atoms with E-state index in [0.29, 0.717) is 43.0 Å². The third kappa shape index (κ3) is 7.96. The lowest BCUT2D eigenvalue weighted by Gasteiger charge is -2.50. The van der Waals surface area contributed by atoms with E-state index in [2.05, 4.69) is 64.6 Å². The molecule has 3 unspecified atom stereocenters. The van der Waals surface area contributed by atoms with Crippen LogP contribution in [-0.2, 0) is 20.5 Å². The molecule has 3 atom stereocenters. The first-order valence-corrected chi connectivity index (χ1v) is 18.6. The Kier molecular flexibility index (Phi) is 12.2. The van der Waals surface area contributed by atoms with Gasteiger partial charge in [-0.2, -0.15) is 0 Å². The van der Waals surface area contributed by atoms with Crippen LogP contribution in [0.25, 0.3) is 0 Å². The fraction of sp³-hybridized carbons (Fsp3) is 0.629. The van der Waals surface area contributed by atoms with Crippen LogP contribution in [0.1, 0.15) is 65.0 Å². The first-order chi connectivity index (χ1) is 21.5. The SMILES string of the molecule is COCCCN1CCOc2ccc(COC3CN(C(=O)O)CC(O[Si](C(C)C)(C(C)C)C(C)C)C3c3ccc(OC)cc3)cc21. The van der Waals surface area contributed by atoms with Gasteiger partial charge in [-0.1, -0.05) is 59.7 Å². The second-order valence-electron chi connectivity index (χ2n) is 13.3. The zero-order valence-corrected chi connectivity index (χ0v) is 29.5. The summed E-state index contributed by atoms with van der Waals surface area (Å²) in [6.07, 6.45) is -0.770. The molecule has 250 valence electrons. The fourth-order valence-corrected chi connectivity index (χ4v) is 13.1. The number of ether oxygens (including phenoxy) is 4. The molecule has 0 saturated carbocycles. The third-order valence-electron chi connectivity index (χ3n) is 9.66. The van der Waals surface area contributed by atoms with Crippen LogP contribution in [0.3, 0.4) is 0 Å². The van der Waals surface area contributed by atoms with Crippen LogP contribution < -0.4 is 14.4 Å². The van der Waals surface area contributed by atoms with Gasteiger partial charge in [0.05, 0.1) is 44.7 Å². The fourth-order valence-electron chi connectivity index (χ4n) is 7.57. The Balaban J connectivity index is 1.68. The van der Waals surface area contributed by atoms with E-state index >= 15 is 0 Å². The average Bonchev–Trinajstić information content (AvgIpc) is 3.02. The first-order valence-electron chi connectivity index (χ1n) is 16.4. The van der Waals surface area contributed by atoms with E-state index < -0.39 is 20.5 Å². The standard InChI is InChI=1S/C35H54N2O7Si/c1-24(2)45(25(3)4,26(5)6)44-33-22-37(35(38)39)21-32(34(33)28-11-13-29(41-8)14-12-28)43-23-27-10-15-31-30(20-27)36(17-19-42-31)16-9-18-40-7/h10-15,20,24-26,32-34H,9,16-19,21-23H2,1-8H3,(H,38,39). The van der Waals surface area contributed by atoms with Gasteiger partial charge in [-0.15, -0.1) is 0 Å². The highest BCUT2D eigenvalue weighted by Gasteiger charge is 2.50. The summed E-state index contributed by atoms with van der Waals surface area (Å²) in [4.78, 5) is 16.3. The molecule has 1 fully saturated rings. The Labute approximate surface area is 270 Å². The largest absolute Gasteiger partial charge is 0.497 e. The predicted octanol–water partition coefficient (Wildman–Crippen LogP) is 7.15. The number of likely N-dealkylation sites (tertiary alicyclic amines) is 1. The molecule has 2 heterocycles. The van der Waals surface area contributed by atoms with Gasteiger partial charge in [0, 0.05) is 32.7 Å². The lowest BCUT2D eigenvalue weighted by atomic mass is 9.84. The number of piperidine rings is 1. The average molecular weight is 643 g/mol. The molecule has 1 N–H and O–H groups in total. The van der Waals surface area contributed by atoms with Gasteiger partial charge in [0.25, 0.3) is 0 Å². The normalized spacial score (nSPS) is 20.5. The van der Waals surface area contributed by atoms with Gasteiger partial charge < -0.3 is 38.3 Å². The van der Waals surface area contributed by atoms with Crippen LogP contribution >= 0.6 is 0 Å². The van der Waals surface area contributed by atoms with Crippen LogP contribution in [0.5, 0.6) is 11.5 Å². The van der Waals surface area contributed by atoms with Crippen molar-refractivity contribution in [3.05, 3.63) is 53.6 Å². The summed E-state index contributed by atoms with van der Waals surface area (Å²) in [6, 6.07) is 14.3. The van der Waals surface area contributed by atoms with Gasteiger partial charge in [0.2, 0.25) is 8.32 Å². The summed E-state index contributed by atoms with van der Waals surface area (Å²) in [5.74, 6) is 1.50. The van der Waals surface area contributed by atoms with E-state index in [1.165, 1.54) is 4.90 Å². The molecule has 2 aliphatic rings. The summed E-state index contributed by atoms with van der Waals surface area (Å²) in [6.45, 7) is 17.6. The van der Waals surface area contributed by atoms with Crippen molar-refractivity contribution in [2.45, 2.75) is 89.3 Å². The van der Waals surface area contributed by atoms with E-state index in [1.54, 1.807) is 14.2 Å². The van der Waals surface area contributed by atoms with E-state index in [4.69, 9.17) is 23.4 Å². The minimum atomic E-state index is -2.35. The second-order valence-corrected chi connectivity index (χ2v) is 18.7. The number of methoxy groups -OCH3 is 2. The molecule has 2 aromatic rings. The van der Waals surface area contributed by atoms with Crippen molar-refractivity contribution in [3.8, 4) is 11.5 Å². The molecule has 0 bridgehead atoms. The highest BCUT2D eigenvalue weighted by Crippen LogP contribution is 2.46. The highest BCUT2D eigenvalue weighted by atomic mass is 28.4. The number of carboxylic acid groups (broad SMARTS) is 1. The summed E-state index contributed by atoms with van der Waals surface area (Å²) in [5.41, 5.74) is 4.22. The Hall–Kier alpha value is -2.79. The van der Waals surface area contributed by atoms with Crippen molar-refractivity contribution in [2.24, 2.45) is 0 Å². The minimum absolute atomic E-state index is 0.152. The number of nitrogens with zero attached hydrogens (tertiary/aromatic N) is 2. The topological polar surface area (TPSA) is 89.9 Å². The summed E-state index contributed by atoms with van der Waals surface area (Å²) in [7, 11) is 1.03. The summed E-state index contributed by atoms with van der Waals surface area (Å²) >= 11 is 0. The number of hydrogen-bond acceptors (Lipinski definition) is 7. The number of fused-ring (bicyclic) bond motifs is 1. The molecule has 2 aromatic carbocycles. The van der Waals surface area contributed by atoms with Crippen molar-refractivity contribution in [1.82, 2.24) is 4.90 Å². The smallest absolute Gasteiger partial charge is 0.407 e. The van der Waals surface area contributed by atoms with Gasteiger partial charge in [0.1, 0.15) is 18.1 Å². The van der Waals surface area contributed by atoms with E-state index in [0.717, 1.165) is 47.8 Å². The zero-order chi connectivity index (χ0) is 32.7. The summed E-state index contributed by atoms with van der Waals surface area (Å²) < 4.78 is 30.8. The van der Waals surface area contributed by atoms with Crippen LogP contribution in [0.4, 0.5) is 10.5 Å². The Morgan fingerprint density at radius 3 is 2.24 bits per heavy atom. The monoisotopic (exact) mass is 642 g/mol. The lowest BCUT2D eigenvalue weighted by Crippen LogP contribution is -2.59. The van der Waals surface area contributed by atoms with E-state index in [-0.39, 0.29) is 18.6 Å². The molecule has 4 rings (SSSR count). The maximum Gasteiger partial charge on any atom is 0.407 e. The third-order valence-corrected chi connectivity index (χ3v) is 15.8. The van der Waals surface area contributed by atoms with Crippen LogP contribution in [0, 0.1) is 0 Å². The van der Waals surface area contributed by atoms with Gasteiger partial charge in [-0.05, 0) is 58.4 Å². The maximum atomic E-state index is 12.5. The van der Waals surface area contributed by atoms with Gasteiger partial charge >= 0.3 is 6.09 Å². The number of rotatable bonds is 14. The molecule has 9 nitrogen and oxygen atoms in total. The molecule has 10 heteroatoms. The van der Waals surface area contributed by atoms with Crippen molar-refractivity contribution >= 4 is 20.1 Å². The number of hydrogen-bond donors (Lipinski definition) is 1. The van der Waals surface area contributed by atoms with E-state index in [1.807, 2.05) is 24.3 Å². The molecule has 0 spiro atoms. The number of anilines is 1. The molecular weight excluding hydrogens is 588 g/mol. The minimum Gasteiger partial charge on any atom is -0.497 e. The van der Waals surface area contributed by atoms with Crippen LogP contribution in [-0.4, -0.2) is 90.2 Å². The molecule has 0 aromatic heterocycles. The lowest BCUT2D eigenvalue weighted by molar-refractivity contribution is -0.0630. The molecular formula is C35H54N2O7Si. The van der Waals surface area contributed by atoms with Gasteiger partial charge in [0.15, 0.2) is 0 Å². The number of benzene rings is 2. The van der Waals surface area contributed by atoms with Gasteiger partial charge in [-0.25, -0.2) is 4.79 Å². The molecule has 2 aliphatic heterocycles. The van der Waals surface area contributed by atoms with E-state index in [9.17, 15) is 9.90 Å². The highest BCUT2D eigenvalue weighted by molar-refractivity contribution is 6.77. The molecule has 0 radical (unpaired) electrons. The Bertz CT molecular complexity index is 1220. The summed E-state index contributed by atoms with van der Waals surface area (Å²) in [5, 5.41) is 10.2. The molecule has 0 aliphatic carbocycles. The predicted molar refractivity (Wildman–Crippen MR) is 180 cm³/mol. The maximum absolute atomic E-state index is 12.5. The number of amides is 1. The van der Waals surface area contributed by atoms with Crippen molar-refractivity contribution in [1.29, 1.82) is 0 Å². The molecule has 1 saturated heterocycles. The molecule has 1 amide bonds. The zero-order valence-electron chi connectivity index (χ0n) is 28.5. The quantitative estimate of drug-likeness (QED) is 0.172. The van der Waals surface area contributed by atoms with Crippen molar-refractivity contribution < 1.29 is 33.3 Å². The van der Waals surface area contributed by atoms with Gasteiger partial charge in [-0.3, -0.25) is 0 Å².